The highest BCUT2D eigenvalue weighted by Gasteiger charge is 2.32. The van der Waals surface area contributed by atoms with E-state index in [0.29, 0.717) is 31.6 Å². The Morgan fingerprint density at radius 1 is 0.815 bits per heavy atom. The van der Waals surface area contributed by atoms with Crippen LogP contribution in [0.4, 0.5) is 10.5 Å². The summed E-state index contributed by atoms with van der Waals surface area (Å²) in [5, 5.41) is 0. The molecular formula is C42H49N3O8S. The second kappa shape index (κ2) is 17.7. The third kappa shape index (κ3) is 10.9. The summed E-state index contributed by atoms with van der Waals surface area (Å²) in [4.78, 5) is 43.8. The number of anilines is 1. The molecule has 1 aliphatic rings. The summed E-state index contributed by atoms with van der Waals surface area (Å²) in [6, 6.07) is 30.1. The molecule has 0 bridgehead atoms. The van der Waals surface area contributed by atoms with E-state index in [0.717, 1.165) is 21.0 Å². The first-order valence-corrected chi connectivity index (χ1v) is 19.5. The second-order valence-corrected chi connectivity index (χ2v) is 16.6. The van der Waals surface area contributed by atoms with Gasteiger partial charge in [0, 0.05) is 38.4 Å². The van der Waals surface area contributed by atoms with Crippen LogP contribution in [0.5, 0.6) is 5.75 Å². The Morgan fingerprint density at radius 2 is 1.41 bits per heavy atom. The van der Waals surface area contributed by atoms with Gasteiger partial charge >= 0.3 is 12.1 Å². The molecule has 1 aliphatic heterocycles. The first-order chi connectivity index (χ1) is 25.7. The molecule has 0 spiro atoms. The van der Waals surface area contributed by atoms with Gasteiger partial charge in [-0.1, -0.05) is 78.4 Å². The fourth-order valence-corrected chi connectivity index (χ4v) is 7.11. The molecule has 1 saturated heterocycles. The van der Waals surface area contributed by atoms with Crippen LogP contribution in [0.1, 0.15) is 60.7 Å². The number of sulfonamides is 1. The van der Waals surface area contributed by atoms with Gasteiger partial charge in [0.1, 0.15) is 30.1 Å². The van der Waals surface area contributed by atoms with Crippen LogP contribution in [0, 0.1) is 12.8 Å². The molecule has 1 fully saturated rings. The molecule has 0 N–H and O–H groups in total. The predicted octanol–water partition coefficient (Wildman–Crippen LogP) is 7.23. The number of aryl methyl sites for hydroxylation is 1. The van der Waals surface area contributed by atoms with Crippen LogP contribution in [0.3, 0.4) is 0 Å². The van der Waals surface area contributed by atoms with Crippen molar-refractivity contribution in [3.63, 3.8) is 0 Å². The van der Waals surface area contributed by atoms with Gasteiger partial charge in [-0.15, -0.1) is 0 Å². The second-order valence-electron chi connectivity index (χ2n) is 14.5. The smallest absolute Gasteiger partial charge is 0.410 e. The Bertz CT molecular complexity index is 1990. The molecule has 0 radical (unpaired) electrons. The molecule has 2 amide bonds. The number of hydrogen-bond acceptors (Lipinski definition) is 8. The molecule has 1 heterocycles. The number of esters is 1. The maximum Gasteiger partial charge on any atom is 0.410 e. The van der Waals surface area contributed by atoms with Crippen molar-refractivity contribution in [1.29, 1.82) is 0 Å². The van der Waals surface area contributed by atoms with Crippen molar-refractivity contribution in [2.45, 2.75) is 64.2 Å². The van der Waals surface area contributed by atoms with Crippen LogP contribution in [-0.4, -0.2) is 74.4 Å². The fourth-order valence-electron chi connectivity index (χ4n) is 5.99. The summed E-state index contributed by atoms with van der Waals surface area (Å²) in [5.41, 5.74) is 2.60. The van der Waals surface area contributed by atoms with Crippen molar-refractivity contribution >= 4 is 33.7 Å². The van der Waals surface area contributed by atoms with Gasteiger partial charge in [0.2, 0.25) is 15.9 Å². The van der Waals surface area contributed by atoms with E-state index in [2.05, 4.69) is 0 Å². The number of likely N-dealkylation sites (tertiary alicyclic amines) is 1. The van der Waals surface area contributed by atoms with Gasteiger partial charge in [-0.2, -0.15) is 4.31 Å². The van der Waals surface area contributed by atoms with Crippen molar-refractivity contribution in [1.82, 2.24) is 9.21 Å². The summed E-state index contributed by atoms with van der Waals surface area (Å²) in [7, 11) is -2.60. The van der Waals surface area contributed by atoms with Crippen LogP contribution in [0.25, 0.3) is 0 Å². The number of likely N-dealkylation sites (N-methyl/N-ethyl adjacent to an activating group) is 1. The molecule has 4 aromatic rings. The first kappa shape index (κ1) is 40.0. The molecule has 0 unspecified atom stereocenters. The maximum absolute atomic E-state index is 14.3. The molecule has 286 valence electrons. The lowest BCUT2D eigenvalue weighted by atomic mass is 9.96. The molecule has 12 heteroatoms. The number of amides is 2. The maximum atomic E-state index is 14.3. The number of carbonyl (C=O) groups excluding carboxylic acids is 3. The van der Waals surface area contributed by atoms with Gasteiger partial charge in [0.25, 0.3) is 0 Å². The number of ether oxygens (including phenoxy) is 3. The van der Waals surface area contributed by atoms with Gasteiger partial charge < -0.3 is 24.0 Å². The quantitative estimate of drug-likeness (QED) is 0.131. The number of piperidine rings is 1. The minimum atomic E-state index is -3.98. The number of carbonyl (C=O) groups is 3. The van der Waals surface area contributed by atoms with E-state index < -0.39 is 34.0 Å². The molecule has 0 aliphatic carbocycles. The zero-order chi connectivity index (χ0) is 38.9. The van der Waals surface area contributed by atoms with Crippen LogP contribution in [0.15, 0.2) is 108 Å². The molecule has 5 rings (SSSR count). The SMILES string of the molecule is Cc1ccc(S(=O)(=O)N(C)CC(=O)N(CC2CCN(C(=O)OC(C)(C)C)CC2)c2ccc(C(=O)OCc3ccccc3)c(OCc3ccccc3)c2)cc1. The highest BCUT2D eigenvalue weighted by molar-refractivity contribution is 7.89. The summed E-state index contributed by atoms with van der Waals surface area (Å²) in [6.07, 6.45) is 0.815. The normalized spacial score (nSPS) is 13.7. The summed E-state index contributed by atoms with van der Waals surface area (Å²) in [5.74, 6) is -0.857. The topological polar surface area (TPSA) is 123 Å². The van der Waals surface area contributed by atoms with Gasteiger partial charge in [-0.3, -0.25) is 4.79 Å². The summed E-state index contributed by atoms with van der Waals surface area (Å²) < 4.78 is 45.5. The van der Waals surface area contributed by atoms with Gasteiger partial charge in [0.05, 0.1) is 11.4 Å². The number of hydrogen-bond donors (Lipinski definition) is 0. The molecule has 11 nitrogen and oxygen atoms in total. The van der Waals surface area contributed by atoms with Gasteiger partial charge in [-0.25, -0.2) is 18.0 Å². The van der Waals surface area contributed by atoms with Crippen LogP contribution in [0.2, 0.25) is 0 Å². The van der Waals surface area contributed by atoms with E-state index >= 15 is 0 Å². The average molecular weight is 756 g/mol. The zero-order valence-electron chi connectivity index (χ0n) is 31.6. The van der Waals surface area contributed by atoms with Crippen molar-refractivity contribution in [2.24, 2.45) is 5.92 Å². The third-order valence-electron chi connectivity index (χ3n) is 9.04. The lowest BCUT2D eigenvalue weighted by Crippen LogP contribution is -2.46. The fraction of sp³-hybridized carbons (Fsp3) is 0.357. The van der Waals surface area contributed by atoms with Crippen LogP contribution >= 0.6 is 0 Å². The Labute approximate surface area is 318 Å². The minimum Gasteiger partial charge on any atom is -0.488 e. The molecule has 0 atom stereocenters. The van der Waals surface area contributed by atoms with E-state index in [4.69, 9.17) is 14.2 Å². The third-order valence-corrected chi connectivity index (χ3v) is 10.9. The van der Waals surface area contributed by atoms with Crippen molar-refractivity contribution < 1.29 is 37.0 Å². The highest BCUT2D eigenvalue weighted by atomic mass is 32.2. The number of rotatable bonds is 13. The standard InChI is InChI=1S/C42H49N3O8S/c1-31-16-19-36(20-17-31)54(49,50)43(5)28-39(46)45(27-32-22-24-44(25-23-32)41(48)53-42(2,3)4)35-18-21-37(40(47)52-30-34-14-10-7-11-15-34)38(26-35)51-29-33-12-8-6-9-13-33/h6-21,26,32H,22-25,27-30H2,1-5H3. The van der Waals surface area contributed by atoms with Crippen molar-refractivity contribution in [3.8, 4) is 5.75 Å². The van der Waals surface area contributed by atoms with Crippen molar-refractivity contribution in [2.75, 3.05) is 38.1 Å². The summed E-state index contributed by atoms with van der Waals surface area (Å²) in [6.45, 7) is 8.25. The molecule has 0 saturated carbocycles. The molecule has 54 heavy (non-hydrogen) atoms. The van der Waals surface area contributed by atoms with E-state index in [1.165, 1.54) is 19.2 Å². The monoisotopic (exact) mass is 755 g/mol. The predicted molar refractivity (Wildman–Crippen MR) is 207 cm³/mol. The van der Waals surface area contributed by atoms with Crippen LogP contribution < -0.4 is 9.64 Å². The van der Waals surface area contributed by atoms with Gasteiger partial charge in [0.15, 0.2) is 0 Å². The summed E-state index contributed by atoms with van der Waals surface area (Å²) >= 11 is 0. The first-order valence-electron chi connectivity index (χ1n) is 18.0. The van der Waals surface area contributed by atoms with E-state index in [9.17, 15) is 22.8 Å². The number of benzene rings is 4. The van der Waals surface area contributed by atoms with E-state index in [1.54, 1.807) is 40.1 Å². The lowest BCUT2D eigenvalue weighted by molar-refractivity contribution is -0.118. The average Bonchev–Trinajstić information content (AvgIpc) is 3.15. The largest absolute Gasteiger partial charge is 0.488 e. The van der Waals surface area contributed by atoms with Crippen molar-refractivity contribution in [3.05, 3.63) is 125 Å². The lowest BCUT2D eigenvalue weighted by Gasteiger charge is -2.36. The van der Waals surface area contributed by atoms with E-state index in [1.807, 2.05) is 88.4 Å². The van der Waals surface area contributed by atoms with Crippen LogP contribution in [-0.2, 0) is 37.5 Å². The zero-order valence-corrected chi connectivity index (χ0v) is 32.4. The van der Waals surface area contributed by atoms with E-state index in [-0.39, 0.29) is 48.0 Å². The Hall–Kier alpha value is -5.20. The molecule has 4 aromatic carbocycles. The Balaban J connectivity index is 1.43. The molecular weight excluding hydrogens is 707 g/mol. The Morgan fingerprint density at radius 3 is 2.00 bits per heavy atom. The highest BCUT2D eigenvalue weighted by Crippen LogP contribution is 2.31. The molecule has 0 aromatic heterocycles. The number of nitrogens with zero attached hydrogens (tertiary/aromatic N) is 3. The minimum absolute atomic E-state index is 0.0177. The Kier molecular flexibility index (Phi) is 13.1. The van der Waals surface area contributed by atoms with Gasteiger partial charge in [-0.05, 0) is 81.8 Å².